The lowest BCUT2D eigenvalue weighted by Gasteiger charge is -2.35. The highest BCUT2D eigenvalue weighted by atomic mass is 35.5. The SMILES string of the molecule is CC(CN(C)C)CN1c2ccccc2S(=O)c2ccccc21.Cl. The van der Waals surface area contributed by atoms with Crippen LogP contribution in [0.5, 0.6) is 0 Å². The molecule has 0 saturated carbocycles. The van der Waals surface area contributed by atoms with Gasteiger partial charge in [0.05, 0.1) is 32.0 Å². The molecular weight excluding hydrogens is 328 g/mol. The van der Waals surface area contributed by atoms with Gasteiger partial charge in [0.15, 0.2) is 0 Å². The zero-order chi connectivity index (χ0) is 15.7. The molecule has 5 heteroatoms. The Bertz CT molecular complexity index is 655. The average Bonchev–Trinajstić information content (AvgIpc) is 2.51. The van der Waals surface area contributed by atoms with Crippen LogP contribution < -0.4 is 4.90 Å². The van der Waals surface area contributed by atoms with E-state index in [0.29, 0.717) is 5.92 Å². The molecule has 0 spiro atoms. The summed E-state index contributed by atoms with van der Waals surface area (Å²) in [7, 11) is 3.11. The summed E-state index contributed by atoms with van der Waals surface area (Å²) in [6.45, 7) is 4.21. The highest BCUT2D eigenvalue weighted by molar-refractivity contribution is 7.85. The largest absolute Gasteiger partial charge is 0.339 e. The van der Waals surface area contributed by atoms with Crippen LogP contribution in [0.25, 0.3) is 0 Å². The van der Waals surface area contributed by atoms with Gasteiger partial charge in [0, 0.05) is 13.1 Å². The molecule has 0 aliphatic carbocycles. The lowest BCUT2D eigenvalue weighted by atomic mass is 10.1. The van der Waals surface area contributed by atoms with Crippen molar-refractivity contribution < 1.29 is 4.21 Å². The summed E-state index contributed by atoms with van der Waals surface area (Å²) in [5.41, 5.74) is 2.15. The molecule has 0 radical (unpaired) electrons. The highest BCUT2D eigenvalue weighted by Gasteiger charge is 2.28. The Kier molecular flexibility index (Phi) is 5.84. The number of benzene rings is 2. The summed E-state index contributed by atoms with van der Waals surface area (Å²) < 4.78 is 12.8. The molecule has 0 amide bonds. The molecule has 23 heavy (non-hydrogen) atoms. The topological polar surface area (TPSA) is 23.6 Å². The zero-order valence-corrected chi connectivity index (χ0v) is 15.4. The van der Waals surface area contributed by atoms with Crippen molar-refractivity contribution in [1.82, 2.24) is 4.90 Å². The number of para-hydroxylation sites is 2. The Balaban J connectivity index is 0.00000192. The van der Waals surface area contributed by atoms with Crippen LogP contribution in [0.3, 0.4) is 0 Å². The third kappa shape index (κ3) is 3.60. The molecule has 2 aromatic rings. The van der Waals surface area contributed by atoms with Crippen molar-refractivity contribution >= 4 is 34.6 Å². The maximum absolute atomic E-state index is 12.8. The van der Waals surface area contributed by atoms with Gasteiger partial charge < -0.3 is 9.80 Å². The van der Waals surface area contributed by atoms with Crippen LogP contribution in [0.1, 0.15) is 6.92 Å². The van der Waals surface area contributed by atoms with Crippen LogP contribution in [-0.2, 0) is 10.8 Å². The van der Waals surface area contributed by atoms with E-state index in [-0.39, 0.29) is 12.4 Å². The summed E-state index contributed by atoms with van der Waals surface area (Å²) in [5.74, 6) is 0.516. The molecule has 0 fully saturated rings. The van der Waals surface area contributed by atoms with E-state index in [4.69, 9.17) is 0 Å². The number of anilines is 2. The average molecular weight is 351 g/mol. The smallest absolute Gasteiger partial charge is 0.0892 e. The van der Waals surface area contributed by atoms with Crippen molar-refractivity contribution in [3.63, 3.8) is 0 Å². The van der Waals surface area contributed by atoms with Crippen LogP contribution in [0, 0.1) is 5.92 Å². The Morgan fingerprint density at radius 1 is 1.00 bits per heavy atom. The molecule has 1 unspecified atom stereocenters. The van der Waals surface area contributed by atoms with E-state index in [1.165, 1.54) is 0 Å². The van der Waals surface area contributed by atoms with Crippen LogP contribution in [-0.4, -0.2) is 36.3 Å². The fraction of sp³-hybridized carbons (Fsp3) is 0.333. The van der Waals surface area contributed by atoms with Crippen LogP contribution in [0.2, 0.25) is 0 Å². The van der Waals surface area contributed by atoms with Crippen molar-refractivity contribution in [2.24, 2.45) is 5.92 Å². The van der Waals surface area contributed by atoms with E-state index < -0.39 is 10.8 Å². The minimum absolute atomic E-state index is 0. The number of hydrogen-bond acceptors (Lipinski definition) is 3. The molecule has 3 nitrogen and oxygen atoms in total. The first-order valence-corrected chi connectivity index (χ1v) is 8.75. The summed E-state index contributed by atoms with van der Waals surface area (Å²) in [4.78, 5) is 6.36. The molecule has 0 aromatic heterocycles. The Labute approximate surface area is 147 Å². The van der Waals surface area contributed by atoms with Crippen molar-refractivity contribution in [3.8, 4) is 0 Å². The first-order chi connectivity index (χ1) is 10.6. The molecule has 1 aliphatic heterocycles. The highest BCUT2D eigenvalue weighted by Crippen LogP contribution is 2.41. The second-order valence-electron chi connectivity index (χ2n) is 6.18. The standard InChI is InChI=1S/C18H22N2OS.ClH/c1-14(12-19(2)3)13-20-15-8-4-6-10-17(15)22(21)18-11-7-5-9-16(18)20;/h4-11,14H,12-13H2,1-3H3;1H. The first-order valence-electron chi connectivity index (χ1n) is 7.60. The van der Waals surface area contributed by atoms with E-state index in [1.807, 2.05) is 36.4 Å². The maximum atomic E-state index is 12.8. The van der Waals surface area contributed by atoms with Crippen LogP contribution in [0.4, 0.5) is 11.4 Å². The monoisotopic (exact) mass is 350 g/mol. The molecule has 2 aromatic carbocycles. The van der Waals surface area contributed by atoms with Gasteiger partial charge in [-0.05, 0) is 44.3 Å². The zero-order valence-electron chi connectivity index (χ0n) is 13.7. The molecule has 124 valence electrons. The van der Waals surface area contributed by atoms with Crippen LogP contribution >= 0.6 is 12.4 Å². The van der Waals surface area contributed by atoms with Gasteiger partial charge in [0.25, 0.3) is 0 Å². The Morgan fingerprint density at radius 3 is 1.96 bits per heavy atom. The van der Waals surface area contributed by atoms with Gasteiger partial charge in [0.1, 0.15) is 0 Å². The summed E-state index contributed by atoms with van der Waals surface area (Å²) in [5, 5.41) is 0. The minimum atomic E-state index is -1.09. The molecule has 3 rings (SSSR count). The van der Waals surface area contributed by atoms with Gasteiger partial charge >= 0.3 is 0 Å². The van der Waals surface area contributed by atoms with Gasteiger partial charge in [-0.1, -0.05) is 31.2 Å². The number of rotatable bonds is 4. The second-order valence-corrected chi connectivity index (χ2v) is 7.60. The lowest BCUT2D eigenvalue weighted by Crippen LogP contribution is -2.32. The second kappa shape index (κ2) is 7.47. The fourth-order valence-electron chi connectivity index (χ4n) is 3.11. The van der Waals surface area contributed by atoms with Crippen molar-refractivity contribution in [2.45, 2.75) is 16.7 Å². The molecule has 1 atom stereocenters. The summed E-state index contributed by atoms with van der Waals surface area (Å²) >= 11 is 0. The van der Waals surface area contributed by atoms with E-state index in [2.05, 4.69) is 43.0 Å². The van der Waals surface area contributed by atoms with Gasteiger partial charge in [-0.2, -0.15) is 0 Å². The molecule has 1 heterocycles. The van der Waals surface area contributed by atoms with Gasteiger partial charge in [-0.3, -0.25) is 0 Å². The summed E-state index contributed by atoms with van der Waals surface area (Å²) in [6, 6.07) is 16.1. The van der Waals surface area contributed by atoms with E-state index in [0.717, 1.165) is 34.3 Å². The Hall–Kier alpha value is -1.36. The quantitative estimate of drug-likeness (QED) is 0.834. The predicted octanol–water partition coefficient (Wildman–Crippen LogP) is 3.92. The lowest BCUT2D eigenvalue weighted by molar-refractivity contribution is 0.342. The third-order valence-corrected chi connectivity index (χ3v) is 5.37. The van der Waals surface area contributed by atoms with Gasteiger partial charge in [-0.15, -0.1) is 12.4 Å². The molecule has 0 bridgehead atoms. The van der Waals surface area contributed by atoms with E-state index >= 15 is 0 Å². The van der Waals surface area contributed by atoms with Crippen LogP contribution in [0.15, 0.2) is 58.3 Å². The number of halogens is 1. The van der Waals surface area contributed by atoms with Crippen molar-refractivity contribution in [1.29, 1.82) is 0 Å². The number of fused-ring (bicyclic) bond motifs is 2. The third-order valence-electron chi connectivity index (χ3n) is 3.88. The van der Waals surface area contributed by atoms with Gasteiger partial charge in [0.2, 0.25) is 0 Å². The van der Waals surface area contributed by atoms with E-state index in [1.54, 1.807) is 0 Å². The Morgan fingerprint density at radius 2 is 1.48 bits per heavy atom. The minimum Gasteiger partial charge on any atom is -0.339 e. The van der Waals surface area contributed by atoms with Crippen molar-refractivity contribution in [3.05, 3.63) is 48.5 Å². The van der Waals surface area contributed by atoms with E-state index in [9.17, 15) is 4.21 Å². The maximum Gasteiger partial charge on any atom is 0.0892 e. The molecule has 1 aliphatic rings. The molecule has 0 N–H and O–H groups in total. The number of nitrogens with zero attached hydrogens (tertiary/aromatic N) is 2. The van der Waals surface area contributed by atoms with Gasteiger partial charge in [-0.25, -0.2) is 4.21 Å². The summed E-state index contributed by atoms with van der Waals surface area (Å²) in [6.07, 6.45) is 0. The normalized spacial score (nSPS) is 14.9. The van der Waals surface area contributed by atoms with Crippen molar-refractivity contribution in [2.75, 3.05) is 32.1 Å². The fourth-order valence-corrected chi connectivity index (χ4v) is 4.49. The number of hydrogen-bond donors (Lipinski definition) is 0. The predicted molar refractivity (Wildman–Crippen MR) is 99.5 cm³/mol. The first kappa shape index (κ1) is 18.0. The molecular formula is C18H23ClN2OS. The molecule has 0 saturated heterocycles.